The Morgan fingerprint density at radius 2 is 1.96 bits per heavy atom. The summed E-state index contributed by atoms with van der Waals surface area (Å²) in [5.74, 6) is 0.780. The standard InChI is InChI=1S/C17H18F3N5OS/c1-21-15(23-9-13-10-25-6-7-27-16(25)24-13)22-8-12-2-4-14(5-3-12)26-11-17(18,19)20/h2-7,10H,8-9,11H2,1H3,(H2,21,22,23). The minimum absolute atomic E-state index is 0.179. The van der Waals surface area contributed by atoms with E-state index in [1.807, 2.05) is 22.2 Å². The summed E-state index contributed by atoms with van der Waals surface area (Å²) in [4.78, 5) is 9.56. The molecule has 0 aliphatic rings. The molecule has 1 aromatic carbocycles. The lowest BCUT2D eigenvalue weighted by atomic mass is 10.2. The zero-order valence-electron chi connectivity index (χ0n) is 14.5. The Morgan fingerprint density at radius 1 is 1.22 bits per heavy atom. The molecule has 0 radical (unpaired) electrons. The van der Waals surface area contributed by atoms with E-state index in [0.717, 1.165) is 16.2 Å². The Balaban J connectivity index is 1.46. The number of nitrogens with zero attached hydrogens (tertiary/aromatic N) is 3. The van der Waals surface area contributed by atoms with Crippen LogP contribution in [0.2, 0.25) is 0 Å². The molecule has 2 N–H and O–H groups in total. The van der Waals surface area contributed by atoms with Gasteiger partial charge < -0.3 is 15.4 Å². The maximum atomic E-state index is 12.1. The monoisotopic (exact) mass is 397 g/mol. The average molecular weight is 397 g/mol. The number of imidazole rings is 1. The molecule has 2 heterocycles. The molecule has 3 rings (SSSR count). The van der Waals surface area contributed by atoms with Gasteiger partial charge in [-0.3, -0.25) is 9.39 Å². The van der Waals surface area contributed by atoms with Crippen molar-refractivity contribution in [1.82, 2.24) is 20.0 Å². The number of nitrogens with one attached hydrogen (secondary N) is 2. The molecule has 144 valence electrons. The first kappa shape index (κ1) is 19.0. The highest BCUT2D eigenvalue weighted by molar-refractivity contribution is 7.15. The van der Waals surface area contributed by atoms with Gasteiger partial charge in [-0.2, -0.15) is 13.2 Å². The van der Waals surface area contributed by atoms with E-state index in [-0.39, 0.29) is 5.75 Å². The number of rotatable bonds is 6. The highest BCUT2D eigenvalue weighted by Gasteiger charge is 2.28. The molecule has 0 saturated heterocycles. The Kier molecular flexibility index (Phi) is 5.84. The van der Waals surface area contributed by atoms with Crippen molar-refractivity contribution < 1.29 is 17.9 Å². The molecular formula is C17H18F3N5OS. The average Bonchev–Trinajstić information content (AvgIpc) is 3.22. The molecule has 10 heteroatoms. The zero-order valence-corrected chi connectivity index (χ0v) is 15.3. The predicted octanol–water partition coefficient (Wildman–Crippen LogP) is 3.20. The van der Waals surface area contributed by atoms with Crippen molar-refractivity contribution in [2.45, 2.75) is 19.3 Å². The topological polar surface area (TPSA) is 63.0 Å². The van der Waals surface area contributed by atoms with Crippen LogP contribution in [-0.4, -0.2) is 35.2 Å². The largest absolute Gasteiger partial charge is 0.484 e. The number of hydrogen-bond donors (Lipinski definition) is 2. The second-order valence-corrected chi connectivity index (χ2v) is 6.53. The van der Waals surface area contributed by atoms with Crippen LogP contribution in [0, 0.1) is 0 Å². The summed E-state index contributed by atoms with van der Waals surface area (Å²) in [5.41, 5.74) is 1.79. The number of guanidine groups is 1. The van der Waals surface area contributed by atoms with Crippen LogP contribution in [0.15, 0.2) is 47.0 Å². The van der Waals surface area contributed by atoms with Crippen molar-refractivity contribution in [2.75, 3.05) is 13.7 Å². The number of fused-ring (bicyclic) bond motifs is 1. The van der Waals surface area contributed by atoms with Crippen LogP contribution in [0.5, 0.6) is 5.75 Å². The van der Waals surface area contributed by atoms with Crippen LogP contribution in [0.4, 0.5) is 13.2 Å². The number of alkyl halides is 3. The molecular weight excluding hydrogens is 379 g/mol. The van der Waals surface area contributed by atoms with Gasteiger partial charge in [0.2, 0.25) is 0 Å². The summed E-state index contributed by atoms with van der Waals surface area (Å²) < 4.78 is 43.1. The molecule has 0 fully saturated rings. The van der Waals surface area contributed by atoms with Gasteiger partial charge >= 0.3 is 6.18 Å². The van der Waals surface area contributed by atoms with Crippen LogP contribution in [0.1, 0.15) is 11.3 Å². The highest BCUT2D eigenvalue weighted by atomic mass is 32.1. The maximum Gasteiger partial charge on any atom is 0.422 e. The summed E-state index contributed by atoms with van der Waals surface area (Å²) >= 11 is 1.57. The Morgan fingerprint density at radius 3 is 2.63 bits per heavy atom. The first-order valence-electron chi connectivity index (χ1n) is 8.07. The third-order valence-corrected chi connectivity index (χ3v) is 4.36. The third-order valence-electron chi connectivity index (χ3n) is 3.59. The summed E-state index contributed by atoms with van der Waals surface area (Å²) in [6.45, 7) is -0.303. The van der Waals surface area contributed by atoms with Crippen molar-refractivity contribution in [3.8, 4) is 5.75 Å². The lowest BCUT2D eigenvalue weighted by Crippen LogP contribution is -2.36. The van der Waals surface area contributed by atoms with Crippen molar-refractivity contribution in [1.29, 1.82) is 0 Å². The molecule has 6 nitrogen and oxygen atoms in total. The Labute approximate surface area is 157 Å². The van der Waals surface area contributed by atoms with Gasteiger partial charge in [0.05, 0.1) is 12.2 Å². The number of aliphatic imine (C=N–C) groups is 1. The molecule has 0 aliphatic carbocycles. The van der Waals surface area contributed by atoms with Crippen LogP contribution < -0.4 is 15.4 Å². The van der Waals surface area contributed by atoms with E-state index in [1.54, 1.807) is 30.5 Å². The number of halogens is 3. The van der Waals surface area contributed by atoms with Gasteiger partial charge in [-0.05, 0) is 17.7 Å². The summed E-state index contributed by atoms with van der Waals surface area (Å²) in [7, 11) is 1.66. The lowest BCUT2D eigenvalue weighted by molar-refractivity contribution is -0.153. The minimum Gasteiger partial charge on any atom is -0.484 e. The fourth-order valence-corrected chi connectivity index (χ4v) is 3.03. The van der Waals surface area contributed by atoms with Gasteiger partial charge in [0.1, 0.15) is 5.75 Å². The van der Waals surface area contributed by atoms with E-state index >= 15 is 0 Å². The fraction of sp³-hybridized carbons (Fsp3) is 0.294. The predicted molar refractivity (Wildman–Crippen MR) is 98.1 cm³/mol. The smallest absolute Gasteiger partial charge is 0.422 e. The van der Waals surface area contributed by atoms with Crippen LogP contribution in [0.3, 0.4) is 0 Å². The van der Waals surface area contributed by atoms with E-state index < -0.39 is 12.8 Å². The highest BCUT2D eigenvalue weighted by Crippen LogP contribution is 2.18. The van der Waals surface area contributed by atoms with Crippen molar-refractivity contribution in [3.63, 3.8) is 0 Å². The fourth-order valence-electron chi connectivity index (χ4n) is 2.31. The van der Waals surface area contributed by atoms with Crippen molar-refractivity contribution >= 4 is 22.3 Å². The second kappa shape index (κ2) is 8.30. The first-order chi connectivity index (χ1) is 12.9. The summed E-state index contributed by atoms with van der Waals surface area (Å²) in [5, 5.41) is 8.29. The molecule has 0 aliphatic heterocycles. The molecule has 27 heavy (non-hydrogen) atoms. The molecule has 0 spiro atoms. The van der Waals surface area contributed by atoms with Crippen molar-refractivity contribution in [3.05, 3.63) is 53.3 Å². The minimum atomic E-state index is -4.34. The van der Waals surface area contributed by atoms with E-state index in [4.69, 9.17) is 0 Å². The Bertz CT molecular complexity index is 873. The van der Waals surface area contributed by atoms with Gasteiger partial charge in [0.25, 0.3) is 0 Å². The molecule has 0 saturated carbocycles. The van der Waals surface area contributed by atoms with E-state index in [9.17, 15) is 13.2 Å². The number of hydrogen-bond acceptors (Lipinski definition) is 4. The summed E-state index contributed by atoms with van der Waals surface area (Å²) in [6, 6.07) is 6.43. The number of aromatic nitrogens is 2. The SMILES string of the molecule is CN=C(NCc1ccc(OCC(F)(F)F)cc1)NCc1cn2ccsc2n1. The van der Waals surface area contributed by atoms with Crippen LogP contribution in [0.25, 0.3) is 4.96 Å². The van der Waals surface area contributed by atoms with Gasteiger partial charge in [-0.1, -0.05) is 12.1 Å². The maximum absolute atomic E-state index is 12.1. The van der Waals surface area contributed by atoms with Gasteiger partial charge in [-0.15, -0.1) is 11.3 Å². The van der Waals surface area contributed by atoms with Gasteiger partial charge in [0, 0.05) is 31.4 Å². The molecule has 0 bridgehead atoms. The molecule has 0 amide bonds. The zero-order chi connectivity index (χ0) is 19.3. The Hall–Kier alpha value is -2.75. The quantitative estimate of drug-likeness (QED) is 0.495. The van der Waals surface area contributed by atoms with Crippen molar-refractivity contribution in [2.24, 2.45) is 4.99 Å². The first-order valence-corrected chi connectivity index (χ1v) is 8.95. The van der Waals surface area contributed by atoms with Gasteiger partial charge in [-0.25, -0.2) is 4.98 Å². The van der Waals surface area contributed by atoms with Crippen LogP contribution in [-0.2, 0) is 13.1 Å². The number of benzene rings is 1. The van der Waals surface area contributed by atoms with Gasteiger partial charge in [0.15, 0.2) is 17.5 Å². The molecule has 2 aromatic heterocycles. The third kappa shape index (κ3) is 5.61. The number of ether oxygens (including phenoxy) is 1. The lowest BCUT2D eigenvalue weighted by Gasteiger charge is -2.12. The number of thiazole rings is 1. The van der Waals surface area contributed by atoms with E-state index in [0.29, 0.717) is 19.0 Å². The summed E-state index contributed by atoms with van der Waals surface area (Å²) in [6.07, 6.45) is -0.444. The van der Waals surface area contributed by atoms with E-state index in [2.05, 4.69) is 25.3 Å². The molecule has 0 atom stereocenters. The molecule has 3 aromatic rings. The molecule has 0 unspecified atom stereocenters. The van der Waals surface area contributed by atoms with Crippen LogP contribution >= 0.6 is 11.3 Å². The van der Waals surface area contributed by atoms with E-state index in [1.165, 1.54) is 12.1 Å². The second-order valence-electron chi connectivity index (χ2n) is 5.65. The normalized spacial score (nSPS) is 12.4.